The summed E-state index contributed by atoms with van der Waals surface area (Å²) in [5, 5.41) is 8.64. The smallest absolute Gasteiger partial charge is 0.303 e. The summed E-state index contributed by atoms with van der Waals surface area (Å²) in [6.07, 6.45) is 23.5. The Morgan fingerprint density at radius 2 is 0.767 bits per heavy atom. The minimum absolute atomic E-state index is 0.0183. The van der Waals surface area contributed by atoms with Crippen LogP contribution in [0.4, 0.5) is 0 Å². The number of aliphatic carboxylic acids is 1. The third kappa shape index (κ3) is 32.5. The third-order valence-electron chi connectivity index (χ3n) is 7.82. The van der Waals surface area contributed by atoms with Crippen LogP contribution in [0.25, 0.3) is 0 Å². The zero-order valence-electron chi connectivity index (χ0n) is 29.3. The highest BCUT2D eigenvalue weighted by molar-refractivity contribution is 5.66. The van der Waals surface area contributed by atoms with Gasteiger partial charge in [0.1, 0.15) is 0 Å². The van der Waals surface area contributed by atoms with Crippen LogP contribution in [0.15, 0.2) is 0 Å². The van der Waals surface area contributed by atoms with Crippen LogP contribution >= 0.6 is 0 Å². The first-order valence-corrected chi connectivity index (χ1v) is 18.0. The molecule has 0 aliphatic carbocycles. The molecule has 0 aromatic heterocycles. The largest absolute Gasteiger partial charge is 0.481 e. The van der Waals surface area contributed by atoms with Crippen LogP contribution < -0.4 is 0 Å². The van der Waals surface area contributed by atoms with Gasteiger partial charge in [-0.25, -0.2) is 0 Å². The predicted molar refractivity (Wildman–Crippen MR) is 178 cm³/mol. The van der Waals surface area contributed by atoms with Crippen molar-refractivity contribution in [2.45, 2.75) is 194 Å². The van der Waals surface area contributed by atoms with Gasteiger partial charge in [0.2, 0.25) is 0 Å². The number of unbranched alkanes of at least 4 members (excludes halogenated alkanes) is 15. The second-order valence-corrected chi connectivity index (χ2v) is 12.8. The normalized spacial score (nSPS) is 15.3. The van der Waals surface area contributed by atoms with E-state index in [-0.39, 0.29) is 30.5 Å². The summed E-state index contributed by atoms with van der Waals surface area (Å²) >= 11 is 0. The summed E-state index contributed by atoms with van der Waals surface area (Å²) in [7, 11) is 0. The molecule has 0 saturated heterocycles. The van der Waals surface area contributed by atoms with Crippen molar-refractivity contribution in [2.75, 3.05) is 33.0 Å². The topological polar surface area (TPSA) is 83.5 Å². The highest BCUT2D eigenvalue weighted by Crippen LogP contribution is 2.15. The summed E-state index contributed by atoms with van der Waals surface area (Å²) in [4.78, 5) is 10.5. The lowest BCUT2D eigenvalue weighted by Crippen LogP contribution is -2.28. The van der Waals surface area contributed by atoms with Crippen molar-refractivity contribution in [3.05, 3.63) is 0 Å². The Kier molecular flexibility index (Phi) is 30.7. The SMILES string of the molecule is CCCOC(C)COC(C)COC(C)COC(C)COC(C)CCCCCCCCCCCCCCCCCCC(=O)O. The van der Waals surface area contributed by atoms with Crippen LogP contribution in [0.5, 0.6) is 0 Å². The van der Waals surface area contributed by atoms with Crippen molar-refractivity contribution in [2.24, 2.45) is 0 Å². The van der Waals surface area contributed by atoms with Gasteiger partial charge in [0.05, 0.1) is 56.9 Å². The number of rotatable bonds is 34. The van der Waals surface area contributed by atoms with Gasteiger partial charge >= 0.3 is 5.97 Å². The first kappa shape index (κ1) is 42.3. The van der Waals surface area contributed by atoms with E-state index in [0.29, 0.717) is 32.8 Å². The quantitative estimate of drug-likeness (QED) is 0.0721. The average Bonchev–Trinajstić information content (AvgIpc) is 2.98. The van der Waals surface area contributed by atoms with Crippen LogP contribution in [0.2, 0.25) is 0 Å². The summed E-state index contributed by atoms with van der Waals surface area (Å²) in [5.41, 5.74) is 0. The summed E-state index contributed by atoms with van der Waals surface area (Å²) in [6.45, 7) is 15.6. The molecule has 7 nitrogen and oxygen atoms in total. The van der Waals surface area contributed by atoms with Crippen molar-refractivity contribution >= 4 is 5.97 Å². The number of hydrogen-bond acceptors (Lipinski definition) is 6. The summed E-state index contributed by atoms with van der Waals surface area (Å²) in [5.74, 6) is -0.663. The lowest BCUT2D eigenvalue weighted by molar-refractivity contribution is -0.137. The molecule has 43 heavy (non-hydrogen) atoms. The standard InChI is InChI=1S/C36H72O7/c1-7-26-39-32(3)27-41-34(5)29-43-35(6)30-42-33(4)28-40-31(2)24-22-20-18-16-14-12-10-8-9-11-13-15-17-19-21-23-25-36(37)38/h31-35H,7-30H2,1-6H3,(H,37,38). The van der Waals surface area contributed by atoms with Crippen molar-refractivity contribution in [3.8, 4) is 0 Å². The van der Waals surface area contributed by atoms with Gasteiger partial charge in [0.25, 0.3) is 0 Å². The Bertz CT molecular complexity index is 588. The van der Waals surface area contributed by atoms with E-state index in [1.807, 2.05) is 20.8 Å². The molecule has 0 heterocycles. The molecule has 7 heteroatoms. The van der Waals surface area contributed by atoms with Crippen molar-refractivity contribution in [3.63, 3.8) is 0 Å². The van der Waals surface area contributed by atoms with Gasteiger partial charge in [0, 0.05) is 13.0 Å². The summed E-state index contributed by atoms with van der Waals surface area (Å²) in [6, 6.07) is 0. The molecule has 0 fully saturated rings. The van der Waals surface area contributed by atoms with E-state index in [9.17, 15) is 4.79 Å². The van der Waals surface area contributed by atoms with Crippen LogP contribution in [-0.4, -0.2) is 74.6 Å². The lowest BCUT2D eigenvalue weighted by atomic mass is 10.0. The Morgan fingerprint density at radius 1 is 0.465 bits per heavy atom. The fourth-order valence-corrected chi connectivity index (χ4v) is 4.98. The number of carboxylic acids is 1. The number of hydrogen-bond donors (Lipinski definition) is 1. The maximum atomic E-state index is 10.5. The number of carboxylic acid groups (broad SMARTS) is 1. The van der Waals surface area contributed by atoms with Crippen molar-refractivity contribution in [1.82, 2.24) is 0 Å². The lowest BCUT2D eigenvalue weighted by Gasteiger charge is -2.22. The molecule has 1 N–H and O–H groups in total. The van der Waals surface area contributed by atoms with E-state index < -0.39 is 5.97 Å². The number of carbonyl (C=O) groups is 1. The van der Waals surface area contributed by atoms with Crippen LogP contribution in [0.1, 0.15) is 164 Å². The molecule has 0 saturated carbocycles. The van der Waals surface area contributed by atoms with Crippen LogP contribution in [-0.2, 0) is 28.5 Å². The molecule has 5 atom stereocenters. The van der Waals surface area contributed by atoms with E-state index >= 15 is 0 Å². The van der Waals surface area contributed by atoms with E-state index in [4.69, 9.17) is 28.8 Å². The van der Waals surface area contributed by atoms with E-state index in [0.717, 1.165) is 32.3 Å². The van der Waals surface area contributed by atoms with Crippen LogP contribution in [0, 0.1) is 0 Å². The molecule has 0 aliphatic rings. The maximum Gasteiger partial charge on any atom is 0.303 e. The van der Waals surface area contributed by atoms with Gasteiger partial charge in [-0.2, -0.15) is 0 Å². The van der Waals surface area contributed by atoms with Gasteiger partial charge in [0.15, 0.2) is 0 Å². The molecule has 258 valence electrons. The van der Waals surface area contributed by atoms with Crippen molar-refractivity contribution in [1.29, 1.82) is 0 Å². The first-order valence-electron chi connectivity index (χ1n) is 18.0. The summed E-state index contributed by atoms with van der Waals surface area (Å²) < 4.78 is 29.3. The Balaban J connectivity index is 3.47. The van der Waals surface area contributed by atoms with Gasteiger partial charge in [-0.15, -0.1) is 0 Å². The predicted octanol–water partition coefficient (Wildman–Crippen LogP) is 9.53. The van der Waals surface area contributed by atoms with Gasteiger partial charge in [-0.1, -0.05) is 103 Å². The highest BCUT2D eigenvalue weighted by atomic mass is 16.6. The zero-order valence-corrected chi connectivity index (χ0v) is 29.3. The van der Waals surface area contributed by atoms with Crippen molar-refractivity contribution < 1.29 is 33.6 Å². The Morgan fingerprint density at radius 3 is 1.12 bits per heavy atom. The van der Waals surface area contributed by atoms with E-state index in [1.165, 1.54) is 89.9 Å². The molecule has 0 bridgehead atoms. The molecule has 5 unspecified atom stereocenters. The van der Waals surface area contributed by atoms with E-state index in [2.05, 4.69) is 20.8 Å². The zero-order chi connectivity index (χ0) is 32.0. The fourth-order valence-electron chi connectivity index (χ4n) is 4.98. The maximum absolute atomic E-state index is 10.5. The Hall–Kier alpha value is -0.730. The fraction of sp³-hybridized carbons (Fsp3) is 0.972. The highest BCUT2D eigenvalue weighted by Gasteiger charge is 2.12. The van der Waals surface area contributed by atoms with Gasteiger partial charge < -0.3 is 28.8 Å². The monoisotopic (exact) mass is 617 g/mol. The first-order chi connectivity index (χ1) is 20.7. The minimum Gasteiger partial charge on any atom is -0.481 e. The molecule has 0 aromatic carbocycles. The Labute approximate surface area is 266 Å². The second kappa shape index (κ2) is 31.3. The molecule has 0 spiro atoms. The minimum atomic E-state index is -0.663. The molecular weight excluding hydrogens is 544 g/mol. The molecule has 0 radical (unpaired) electrons. The molecule has 0 rings (SSSR count). The average molecular weight is 617 g/mol. The molecule has 0 amide bonds. The van der Waals surface area contributed by atoms with E-state index in [1.54, 1.807) is 0 Å². The number of ether oxygens (including phenoxy) is 5. The molecule has 0 aromatic rings. The molecule has 0 aliphatic heterocycles. The van der Waals surface area contributed by atoms with Gasteiger partial charge in [-0.3, -0.25) is 4.79 Å². The molecular formula is C36H72O7. The van der Waals surface area contributed by atoms with Crippen LogP contribution in [0.3, 0.4) is 0 Å². The third-order valence-corrected chi connectivity index (χ3v) is 7.82. The van der Waals surface area contributed by atoms with Gasteiger partial charge in [-0.05, 0) is 53.9 Å². The second-order valence-electron chi connectivity index (χ2n) is 12.8.